The van der Waals surface area contributed by atoms with Crippen LogP contribution in [0.1, 0.15) is 15.2 Å². The summed E-state index contributed by atoms with van der Waals surface area (Å²) in [5.41, 5.74) is 2.09. The van der Waals surface area contributed by atoms with E-state index in [1.54, 1.807) is 6.08 Å². The van der Waals surface area contributed by atoms with Crippen LogP contribution in [0.15, 0.2) is 42.5 Å². The van der Waals surface area contributed by atoms with Gasteiger partial charge in [-0.25, -0.2) is 0 Å². The van der Waals surface area contributed by atoms with Gasteiger partial charge in [-0.3, -0.25) is 4.79 Å². The second kappa shape index (κ2) is 5.69. The van der Waals surface area contributed by atoms with Crippen LogP contribution in [0.5, 0.6) is 0 Å². The highest BCUT2D eigenvalue weighted by Gasteiger charge is 2.03. The summed E-state index contributed by atoms with van der Waals surface area (Å²) < 4.78 is 1.16. The molecule has 0 atom stereocenters. The molecule has 0 radical (unpaired) electrons. The van der Waals surface area contributed by atoms with Gasteiger partial charge in [0.1, 0.15) is 0 Å². The average molecular weight is 255 g/mol. The van der Waals surface area contributed by atoms with Crippen LogP contribution < -0.4 is 10.1 Å². The summed E-state index contributed by atoms with van der Waals surface area (Å²) in [7, 11) is 3.88. The van der Waals surface area contributed by atoms with Gasteiger partial charge in [0.05, 0.1) is 4.88 Å². The summed E-state index contributed by atoms with van der Waals surface area (Å²) >= 11 is 1.53. The van der Waals surface area contributed by atoms with Gasteiger partial charge in [-0.1, -0.05) is 24.3 Å². The van der Waals surface area contributed by atoms with E-state index in [-0.39, 0.29) is 5.78 Å². The monoisotopic (exact) mass is 255 g/mol. The molecule has 0 aliphatic heterocycles. The van der Waals surface area contributed by atoms with E-state index in [0.717, 1.165) is 20.9 Å². The van der Waals surface area contributed by atoms with Gasteiger partial charge in [0.15, 0.2) is 13.6 Å². The standard InChI is InChI=1S/C14H14BNOS/c1-16-11-5-2-10(3-6-11)4-7-12(17)13-8-9-14(15)18-13/h2-9,16H,15H2,1H3/b7-4+. The van der Waals surface area contributed by atoms with Crippen LogP contribution in [-0.4, -0.2) is 20.7 Å². The number of hydrogen-bond donors (Lipinski definition) is 1. The van der Waals surface area contributed by atoms with Crippen molar-refractivity contribution in [2.45, 2.75) is 0 Å². The first kappa shape index (κ1) is 12.6. The lowest BCUT2D eigenvalue weighted by Crippen LogP contribution is -1.92. The number of ketones is 1. The Kier molecular flexibility index (Phi) is 4.00. The molecule has 0 saturated heterocycles. The fraction of sp³-hybridized carbons (Fsp3) is 0.0714. The Balaban J connectivity index is 2.08. The normalized spacial score (nSPS) is 10.7. The molecule has 0 fully saturated rings. The zero-order chi connectivity index (χ0) is 13.0. The molecular formula is C14H14BNOS. The summed E-state index contributed by atoms with van der Waals surface area (Å²) in [6.07, 6.45) is 3.47. The van der Waals surface area contributed by atoms with Crippen molar-refractivity contribution in [3.05, 3.63) is 52.9 Å². The van der Waals surface area contributed by atoms with E-state index >= 15 is 0 Å². The molecule has 1 heterocycles. The third-order valence-electron chi connectivity index (χ3n) is 2.61. The second-order valence-electron chi connectivity index (χ2n) is 3.98. The summed E-state index contributed by atoms with van der Waals surface area (Å²) in [6.45, 7) is 0. The lowest BCUT2D eigenvalue weighted by atomic mass is 10.1. The first-order chi connectivity index (χ1) is 8.69. The first-order valence-electron chi connectivity index (χ1n) is 5.76. The maximum absolute atomic E-state index is 11.9. The van der Waals surface area contributed by atoms with Crippen molar-refractivity contribution in [2.24, 2.45) is 0 Å². The molecule has 1 aromatic carbocycles. The van der Waals surface area contributed by atoms with Crippen LogP contribution in [0.2, 0.25) is 0 Å². The van der Waals surface area contributed by atoms with E-state index in [0.29, 0.717) is 0 Å². The SMILES string of the molecule is Bc1ccc(C(=O)/C=C/c2ccc(NC)cc2)s1. The van der Waals surface area contributed by atoms with Gasteiger partial charge < -0.3 is 5.32 Å². The van der Waals surface area contributed by atoms with E-state index in [4.69, 9.17) is 0 Å². The van der Waals surface area contributed by atoms with Crippen molar-refractivity contribution in [2.75, 3.05) is 12.4 Å². The van der Waals surface area contributed by atoms with Crippen LogP contribution in [0.4, 0.5) is 5.69 Å². The number of carbonyl (C=O) groups is 1. The Bertz CT molecular complexity index is 572. The fourth-order valence-electron chi connectivity index (χ4n) is 1.58. The Morgan fingerprint density at radius 2 is 1.94 bits per heavy atom. The van der Waals surface area contributed by atoms with Gasteiger partial charge in [0.25, 0.3) is 0 Å². The predicted molar refractivity (Wildman–Crippen MR) is 81.9 cm³/mol. The molecule has 1 aromatic heterocycles. The lowest BCUT2D eigenvalue weighted by Gasteiger charge is -1.99. The highest BCUT2D eigenvalue weighted by molar-refractivity contribution is 7.21. The van der Waals surface area contributed by atoms with E-state index in [9.17, 15) is 4.79 Å². The van der Waals surface area contributed by atoms with Crippen molar-refractivity contribution in [1.29, 1.82) is 0 Å². The Morgan fingerprint density at radius 3 is 2.50 bits per heavy atom. The number of thiophene rings is 1. The summed E-state index contributed by atoms with van der Waals surface area (Å²) in [5, 5.41) is 3.06. The van der Waals surface area contributed by atoms with Crippen molar-refractivity contribution in [3.8, 4) is 0 Å². The molecule has 0 aliphatic rings. The maximum atomic E-state index is 11.9. The minimum Gasteiger partial charge on any atom is -0.388 e. The number of anilines is 1. The maximum Gasteiger partial charge on any atom is 0.195 e. The third kappa shape index (κ3) is 3.11. The zero-order valence-corrected chi connectivity index (χ0v) is 11.3. The molecule has 0 aliphatic carbocycles. The highest BCUT2D eigenvalue weighted by atomic mass is 32.1. The third-order valence-corrected chi connectivity index (χ3v) is 3.62. The van der Waals surface area contributed by atoms with Crippen LogP contribution in [0, 0.1) is 0 Å². The fourth-order valence-corrected chi connectivity index (χ4v) is 2.37. The van der Waals surface area contributed by atoms with E-state index in [1.165, 1.54) is 11.3 Å². The average Bonchev–Trinajstić information content (AvgIpc) is 2.83. The number of benzene rings is 1. The van der Waals surface area contributed by atoms with Crippen molar-refractivity contribution in [3.63, 3.8) is 0 Å². The van der Waals surface area contributed by atoms with Crippen molar-refractivity contribution in [1.82, 2.24) is 0 Å². The van der Waals surface area contributed by atoms with Crippen molar-refractivity contribution < 1.29 is 4.79 Å². The van der Waals surface area contributed by atoms with Crippen LogP contribution >= 0.6 is 11.3 Å². The highest BCUT2D eigenvalue weighted by Crippen LogP contribution is 2.12. The lowest BCUT2D eigenvalue weighted by molar-refractivity contribution is 0.105. The van der Waals surface area contributed by atoms with E-state index in [2.05, 4.69) is 5.32 Å². The molecule has 4 heteroatoms. The predicted octanol–water partition coefficient (Wildman–Crippen LogP) is 1.94. The molecule has 0 bridgehead atoms. The molecular weight excluding hydrogens is 241 g/mol. The molecule has 0 amide bonds. The number of rotatable bonds is 4. The van der Waals surface area contributed by atoms with Gasteiger partial charge in [0.2, 0.25) is 0 Å². The number of hydrogen-bond acceptors (Lipinski definition) is 3. The quantitative estimate of drug-likeness (QED) is 0.514. The van der Waals surface area contributed by atoms with Gasteiger partial charge >= 0.3 is 0 Å². The summed E-state index contributed by atoms with van der Waals surface area (Å²) in [6, 6.07) is 11.8. The number of nitrogens with one attached hydrogen (secondary N) is 1. The van der Waals surface area contributed by atoms with Gasteiger partial charge in [-0.05, 0) is 34.6 Å². The first-order valence-corrected chi connectivity index (χ1v) is 6.57. The van der Waals surface area contributed by atoms with Gasteiger partial charge in [-0.15, -0.1) is 11.3 Å². The molecule has 2 rings (SSSR count). The zero-order valence-electron chi connectivity index (χ0n) is 10.4. The Morgan fingerprint density at radius 1 is 1.22 bits per heavy atom. The Hall–Kier alpha value is -1.81. The van der Waals surface area contributed by atoms with Crippen LogP contribution in [0.25, 0.3) is 6.08 Å². The van der Waals surface area contributed by atoms with E-state index < -0.39 is 0 Å². The second-order valence-corrected chi connectivity index (χ2v) is 5.27. The van der Waals surface area contributed by atoms with Crippen LogP contribution in [0.3, 0.4) is 0 Å². The minimum atomic E-state index is 0.0609. The molecule has 2 aromatic rings. The van der Waals surface area contributed by atoms with Crippen molar-refractivity contribution >= 4 is 41.5 Å². The molecule has 0 spiro atoms. The molecule has 2 nitrogen and oxygen atoms in total. The minimum absolute atomic E-state index is 0.0609. The summed E-state index contributed by atoms with van der Waals surface area (Å²) in [5.74, 6) is 0.0609. The molecule has 90 valence electrons. The number of carbonyl (C=O) groups excluding carboxylic acids is 1. The molecule has 1 N–H and O–H groups in total. The largest absolute Gasteiger partial charge is 0.388 e. The summed E-state index contributed by atoms with van der Waals surface area (Å²) in [4.78, 5) is 12.7. The van der Waals surface area contributed by atoms with Gasteiger partial charge in [-0.2, -0.15) is 0 Å². The Labute approximate surface area is 112 Å². The molecule has 0 saturated carbocycles. The molecule has 0 unspecified atom stereocenters. The van der Waals surface area contributed by atoms with Crippen LogP contribution in [-0.2, 0) is 0 Å². The van der Waals surface area contributed by atoms with Gasteiger partial charge in [0, 0.05) is 12.7 Å². The van der Waals surface area contributed by atoms with E-state index in [1.807, 2.05) is 57.4 Å². The molecule has 18 heavy (non-hydrogen) atoms. The number of allylic oxidation sites excluding steroid dienone is 1. The smallest absolute Gasteiger partial charge is 0.195 e. The topological polar surface area (TPSA) is 29.1 Å².